The molecule has 0 saturated heterocycles. The fourth-order valence-electron chi connectivity index (χ4n) is 2.18. The van der Waals surface area contributed by atoms with Crippen LogP contribution in [0.3, 0.4) is 0 Å². The third-order valence-electron chi connectivity index (χ3n) is 3.09. The highest BCUT2D eigenvalue weighted by molar-refractivity contribution is 6.59. The van der Waals surface area contributed by atoms with Crippen LogP contribution in [0.25, 0.3) is 10.9 Å². The van der Waals surface area contributed by atoms with Crippen LogP contribution in [-0.2, 0) is 9.47 Å². The summed E-state index contributed by atoms with van der Waals surface area (Å²) < 4.78 is 11.0. The molecule has 1 aromatic heterocycles. The number of rotatable bonds is 2. The van der Waals surface area contributed by atoms with Crippen LogP contribution >= 0.6 is 0 Å². The highest BCUT2D eigenvalue weighted by atomic mass is 16.6. The van der Waals surface area contributed by atoms with Crippen molar-refractivity contribution < 1.29 is 29.1 Å². The van der Waals surface area contributed by atoms with Crippen molar-refractivity contribution in [1.29, 1.82) is 0 Å². The van der Waals surface area contributed by atoms with Gasteiger partial charge in [-0.2, -0.15) is 0 Å². The van der Waals surface area contributed by atoms with Gasteiger partial charge in [-0.05, 0) is 45.0 Å². The zero-order chi connectivity index (χ0) is 17.4. The smallest absolute Gasteiger partial charge is 0.465 e. The van der Waals surface area contributed by atoms with Crippen LogP contribution < -0.4 is 5.59 Å². The number of esters is 1. The summed E-state index contributed by atoms with van der Waals surface area (Å²) in [4.78, 5) is 23.9. The topological polar surface area (TPSA) is 98.0 Å². The van der Waals surface area contributed by atoms with Crippen LogP contribution in [0.5, 0.6) is 0 Å². The van der Waals surface area contributed by atoms with Crippen LogP contribution in [0.15, 0.2) is 24.3 Å². The monoisotopic (exact) mass is 319 g/mol. The van der Waals surface area contributed by atoms with Crippen molar-refractivity contribution in [2.75, 3.05) is 7.11 Å². The molecule has 7 nitrogen and oxygen atoms in total. The minimum atomic E-state index is -1.86. The Morgan fingerprint density at radius 2 is 1.83 bits per heavy atom. The van der Waals surface area contributed by atoms with Gasteiger partial charge in [-0.1, -0.05) is 0 Å². The quantitative estimate of drug-likeness (QED) is 0.630. The van der Waals surface area contributed by atoms with Gasteiger partial charge in [0.25, 0.3) is 0 Å². The number of carbonyl (C=O) groups excluding carboxylic acids is 2. The molecule has 0 atom stereocenters. The summed E-state index contributed by atoms with van der Waals surface area (Å²) in [5.74, 6) is -0.525. The van der Waals surface area contributed by atoms with E-state index in [2.05, 4.69) is 4.74 Å². The number of hydrogen-bond donors (Lipinski definition) is 2. The highest BCUT2D eigenvalue weighted by Gasteiger charge is 2.27. The van der Waals surface area contributed by atoms with E-state index in [4.69, 9.17) is 4.74 Å². The zero-order valence-corrected chi connectivity index (χ0v) is 13.4. The number of ether oxygens (including phenoxy) is 2. The Hall–Kier alpha value is -2.32. The molecule has 8 heteroatoms. The molecule has 0 aliphatic rings. The Morgan fingerprint density at radius 1 is 1.17 bits per heavy atom. The van der Waals surface area contributed by atoms with E-state index < -0.39 is 24.8 Å². The molecule has 0 fully saturated rings. The predicted molar refractivity (Wildman–Crippen MR) is 84.7 cm³/mol. The molecule has 0 aliphatic carbocycles. The molecule has 1 heterocycles. The van der Waals surface area contributed by atoms with Gasteiger partial charge < -0.3 is 19.5 Å². The number of carbonyl (C=O) groups is 2. The highest BCUT2D eigenvalue weighted by Crippen LogP contribution is 2.19. The van der Waals surface area contributed by atoms with Crippen LogP contribution in [0, 0.1) is 0 Å². The molecule has 23 heavy (non-hydrogen) atoms. The van der Waals surface area contributed by atoms with Gasteiger partial charge in [0, 0.05) is 5.39 Å². The molecule has 122 valence electrons. The number of benzene rings is 1. The van der Waals surface area contributed by atoms with Crippen LogP contribution in [0.1, 0.15) is 31.1 Å². The van der Waals surface area contributed by atoms with Crippen molar-refractivity contribution in [3.8, 4) is 0 Å². The molecule has 2 rings (SSSR count). The molecule has 0 amide bonds. The number of nitrogens with zero attached hydrogens (tertiary/aromatic N) is 1. The van der Waals surface area contributed by atoms with Crippen LogP contribution in [0.2, 0.25) is 0 Å². The average molecular weight is 319 g/mol. The van der Waals surface area contributed by atoms with E-state index in [0.29, 0.717) is 16.5 Å². The predicted octanol–water partition coefficient (Wildman–Crippen LogP) is 0.891. The summed E-state index contributed by atoms with van der Waals surface area (Å²) in [6.45, 7) is 5.13. The van der Waals surface area contributed by atoms with Gasteiger partial charge in [-0.3, -0.25) is 4.57 Å². The van der Waals surface area contributed by atoms with Gasteiger partial charge in [0.15, 0.2) is 0 Å². The van der Waals surface area contributed by atoms with Crippen molar-refractivity contribution in [2.24, 2.45) is 0 Å². The SMILES string of the molecule is COC(=O)c1ccc2c(c1)cc(B(O)O)n2C(=O)OC(C)(C)C. The number of hydrogen-bond acceptors (Lipinski definition) is 6. The first-order valence-corrected chi connectivity index (χ1v) is 6.97. The second-order valence-electron chi connectivity index (χ2n) is 6.02. The molecule has 1 aromatic carbocycles. The summed E-state index contributed by atoms with van der Waals surface area (Å²) in [6, 6.07) is 5.93. The van der Waals surface area contributed by atoms with E-state index in [1.54, 1.807) is 20.8 Å². The lowest BCUT2D eigenvalue weighted by Crippen LogP contribution is -2.40. The van der Waals surface area contributed by atoms with Gasteiger partial charge in [0.05, 0.1) is 23.8 Å². The fourth-order valence-corrected chi connectivity index (χ4v) is 2.18. The third-order valence-corrected chi connectivity index (χ3v) is 3.09. The van der Waals surface area contributed by atoms with Gasteiger partial charge >= 0.3 is 19.2 Å². The van der Waals surface area contributed by atoms with Crippen molar-refractivity contribution >= 4 is 35.7 Å². The van der Waals surface area contributed by atoms with E-state index in [-0.39, 0.29) is 5.59 Å². The molecular formula is C15H18BNO6. The summed E-state index contributed by atoms with van der Waals surface area (Å²) in [5.41, 5.74) is -0.0938. The van der Waals surface area contributed by atoms with Gasteiger partial charge in [-0.15, -0.1) is 0 Å². The molecule has 0 radical (unpaired) electrons. The lowest BCUT2D eigenvalue weighted by Gasteiger charge is -2.21. The molecular weight excluding hydrogens is 301 g/mol. The Balaban J connectivity index is 2.60. The van der Waals surface area contributed by atoms with Crippen LogP contribution in [-0.4, -0.2) is 46.5 Å². The van der Waals surface area contributed by atoms with E-state index in [1.165, 1.54) is 31.4 Å². The van der Waals surface area contributed by atoms with Gasteiger partial charge in [0.1, 0.15) is 5.60 Å². The molecule has 0 bridgehead atoms. The first-order chi connectivity index (χ1) is 10.6. The van der Waals surface area contributed by atoms with E-state index in [0.717, 1.165) is 4.57 Å². The molecule has 0 unspecified atom stereocenters. The standard InChI is InChI=1S/C15H18BNO6/c1-15(2,3)23-14(19)17-11-6-5-9(13(18)22-4)7-10(11)8-12(17)16(20)21/h5-8,20-21H,1-4H3. The molecule has 2 aromatic rings. The number of aromatic nitrogens is 1. The van der Waals surface area contributed by atoms with Gasteiger partial charge in [0.2, 0.25) is 0 Å². The lowest BCUT2D eigenvalue weighted by atomic mass is 9.86. The molecule has 0 aliphatic heterocycles. The largest absolute Gasteiger partial charge is 0.506 e. The lowest BCUT2D eigenvalue weighted by molar-refractivity contribution is 0.0546. The second kappa shape index (κ2) is 6.06. The maximum Gasteiger partial charge on any atom is 0.506 e. The van der Waals surface area contributed by atoms with E-state index >= 15 is 0 Å². The van der Waals surface area contributed by atoms with Gasteiger partial charge in [-0.25, -0.2) is 9.59 Å². The van der Waals surface area contributed by atoms with E-state index in [1.807, 2.05) is 0 Å². The third kappa shape index (κ3) is 3.54. The summed E-state index contributed by atoms with van der Waals surface area (Å²) >= 11 is 0. The molecule has 0 saturated carbocycles. The Bertz CT molecular complexity index is 759. The van der Waals surface area contributed by atoms with Crippen molar-refractivity contribution in [1.82, 2.24) is 4.57 Å². The second-order valence-corrected chi connectivity index (χ2v) is 6.02. The molecule has 0 spiro atoms. The maximum atomic E-state index is 12.4. The number of methoxy groups -OCH3 is 1. The minimum absolute atomic E-state index is 0.0451. The zero-order valence-electron chi connectivity index (χ0n) is 13.4. The first-order valence-electron chi connectivity index (χ1n) is 6.97. The Kier molecular flexibility index (Phi) is 4.49. The summed E-state index contributed by atoms with van der Waals surface area (Å²) in [7, 11) is -0.599. The normalized spacial score (nSPS) is 11.4. The van der Waals surface area contributed by atoms with Crippen molar-refractivity contribution in [3.63, 3.8) is 0 Å². The number of fused-ring (bicyclic) bond motifs is 1. The average Bonchev–Trinajstić information content (AvgIpc) is 2.83. The van der Waals surface area contributed by atoms with Crippen molar-refractivity contribution in [3.05, 3.63) is 29.8 Å². The van der Waals surface area contributed by atoms with Crippen LogP contribution in [0.4, 0.5) is 4.79 Å². The minimum Gasteiger partial charge on any atom is -0.465 e. The fraction of sp³-hybridized carbons (Fsp3) is 0.333. The summed E-state index contributed by atoms with van der Waals surface area (Å²) in [6.07, 6.45) is -0.735. The Labute approximate surface area is 133 Å². The molecule has 2 N–H and O–H groups in total. The maximum absolute atomic E-state index is 12.4. The van der Waals surface area contributed by atoms with E-state index in [9.17, 15) is 19.6 Å². The first kappa shape index (κ1) is 17.0. The van der Waals surface area contributed by atoms with Crippen molar-refractivity contribution in [2.45, 2.75) is 26.4 Å². The summed E-state index contributed by atoms with van der Waals surface area (Å²) in [5, 5.41) is 19.5. The Morgan fingerprint density at radius 3 is 2.35 bits per heavy atom.